The molecule has 7 aromatic carbocycles. The maximum absolute atomic E-state index is 2.59. The number of fused-ring (bicyclic) bond motifs is 9. The van der Waals surface area contributed by atoms with Crippen molar-refractivity contribution in [2.24, 2.45) is 0 Å². The summed E-state index contributed by atoms with van der Waals surface area (Å²) in [6, 6.07) is 51.7. The average Bonchev–Trinajstić information content (AvgIpc) is 3.04. The molecular formula is C38H23BN2. The lowest BCUT2D eigenvalue weighted by Crippen LogP contribution is -2.63. The summed E-state index contributed by atoms with van der Waals surface area (Å²) in [4.78, 5) is 5.13. The highest BCUT2D eigenvalue weighted by Crippen LogP contribution is 2.51. The molecule has 3 heteroatoms. The molecule has 0 atom stereocenters. The first-order valence-corrected chi connectivity index (χ1v) is 14.3. The zero-order valence-electron chi connectivity index (χ0n) is 22.3. The quantitative estimate of drug-likeness (QED) is 0.159. The Hall–Kier alpha value is -5.28. The number of benzene rings is 7. The fourth-order valence-corrected chi connectivity index (χ4v) is 7.78. The van der Waals surface area contributed by atoms with Crippen molar-refractivity contribution in [3.63, 3.8) is 0 Å². The minimum Gasteiger partial charge on any atom is -0.376 e. The first-order valence-electron chi connectivity index (χ1n) is 14.3. The number of nitrogens with zero attached hydrogens (tertiary/aromatic N) is 2. The predicted molar refractivity (Wildman–Crippen MR) is 174 cm³/mol. The van der Waals surface area contributed by atoms with Gasteiger partial charge in [-0.1, -0.05) is 109 Å². The highest BCUT2D eigenvalue weighted by atomic mass is 15.2. The van der Waals surface area contributed by atoms with Crippen LogP contribution in [0, 0.1) is 0 Å². The largest absolute Gasteiger partial charge is 0.376 e. The Morgan fingerprint density at radius 3 is 1.56 bits per heavy atom. The number of anilines is 5. The van der Waals surface area contributed by atoms with E-state index in [1.165, 1.54) is 83.2 Å². The summed E-state index contributed by atoms with van der Waals surface area (Å²) in [5.74, 6) is 0. The molecule has 0 unspecified atom stereocenters. The van der Waals surface area contributed by atoms with Crippen molar-refractivity contribution in [3.8, 4) is 22.3 Å². The Labute approximate surface area is 238 Å². The second kappa shape index (κ2) is 7.68. The van der Waals surface area contributed by atoms with E-state index in [-0.39, 0.29) is 6.85 Å². The standard InChI is InChI=1S/C38H23BN2/c1-2-11-25-24(10-1)22-23-29-26(25)14-7-19-32(29)40-35-20-8-15-30-27-12-3-5-17-33(27)41-34-18-6-4-13-28(34)31-16-9-21-36(40)38(31)39(41)37(30)35/h1-23H. The molecule has 0 spiro atoms. The van der Waals surface area contributed by atoms with Crippen molar-refractivity contribution >= 4 is 67.8 Å². The molecule has 3 heterocycles. The molecular weight excluding hydrogens is 495 g/mol. The molecule has 10 rings (SSSR count). The molecule has 0 N–H and O–H groups in total. The van der Waals surface area contributed by atoms with Crippen molar-refractivity contribution in [1.82, 2.24) is 0 Å². The molecule has 188 valence electrons. The number of para-hydroxylation sites is 2. The van der Waals surface area contributed by atoms with E-state index in [4.69, 9.17) is 0 Å². The van der Waals surface area contributed by atoms with Gasteiger partial charge in [-0.3, -0.25) is 0 Å². The SMILES string of the molecule is c1ccc2c(c1)-c1cccc3c1B1c4c(cccc4N3c3cccc4c3ccc3ccccc34)-c3ccccc3N12. The summed E-state index contributed by atoms with van der Waals surface area (Å²) in [6.07, 6.45) is 0. The minimum atomic E-state index is 0.115. The van der Waals surface area contributed by atoms with Gasteiger partial charge in [-0.2, -0.15) is 0 Å². The van der Waals surface area contributed by atoms with Gasteiger partial charge < -0.3 is 9.71 Å². The Kier molecular flexibility index (Phi) is 4.03. The van der Waals surface area contributed by atoms with Gasteiger partial charge in [-0.15, -0.1) is 0 Å². The summed E-state index contributed by atoms with van der Waals surface area (Å²) < 4.78 is 0. The van der Waals surface area contributed by atoms with Gasteiger partial charge in [0.05, 0.1) is 5.69 Å². The van der Waals surface area contributed by atoms with E-state index < -0.39 is 0 Å². The van der Waals surface area contributed by atoms with Gasteiger partial charge >= 0.3 is 6.85 Å². The van der Waals surface area contributed by atoms with Gasteiger partial charge in [0.1, 0.15) is 0 Å². The van der Waals surface area contributed by atoms with Gasteiger partial charge in [0.25, 0.3) is 0 Å². The fourth-order valence-electron chi connectivity index (χ4n) is 7.78. The van der Waals surface area contributed by atoms with Gasteiger partial charge in [-0.05, 0) is 68.5 Å². The van der Waals surface area contributed by atoms with Crippen LogP contribution in [0.25, 0.3) is 43.8 Å². The lowest BCUT2D eigenvalue weighted by molar-refractivity contribution is 1.27. The Balaban J connectivity index is 1.37. The zero-order chi connectivity index (χ0) is 26.7. The maximum Gasteiger partial charge on any atom is 0.333 e. The Morgan fingerprint density at radius 2 is 0.854 bits per heavy atom. The van der Waals surface area contributed by atoms with E-state index in [1.54, 1.807) is 0 Å². The molecule has 0 bridgehead atoms. The normalized spacial score (nSPS) is 13.7. The Morgan fingerprint density at radius 1 is 0.341 bits per heavy atom. The summed E-state index contributed by atoms with van der Waals surface area (Å²) in [5.41, 5.74) is 14.3. The second-order valence-electron chi connectivity index (χ2n) is 11.3. The van der Waals surface area contributed by atoms with E-state index in [0.29, 0.717) is 0 Å². The molecule has 0 saturated carbocycles. The van der Waals surface area contributed by atoms with E-state index in [0.717, 1.165) is 0 Å². The van der Waals surface area contributed by atoms with Gasteiger partial charge in [0, 0.05) is 39.3 Å². The van der Waals surface area contributed by atoms with Crippen LogP contribution in [0.2, 0.25) is 0 Å². The molecule has 0 fully saturated rings. The van der Waals surface area contributed by atoms with Crippen molar-refractivity contribution in [2.75, 3.05) is 9.71 Å². The molecule has 0 aromatic heterocycles. The highest BCUT2D eigenvalue weighted by molar-refractivity contribution is 6.95. The minimum absolute atomic E-state index is 0.115. The lowest BCUT2D eigenvalue weighted by atomic mass is 9.41. The van der Waals surface area contributed by atoms with E-state index in [1.807, 2.05) is 0 Å². The van der Waals surface area contributed by atoms with Gasteiger partial charge in [0.15, 0.2) is 0 Å². The number of hydrogen-bond acceptors (Lipinski definition) is 2. The zero-order valence-corrected chi connectivity index (χ0v) is 22.3. The smallest absolute Gasteiger partial charge is 0.333 e. The molecule has 41 heavy (non-hydrogen) atoms. The predicted octanol–water partition coefficient (Wildman–Crippen LogP) is 8.68. The first-order chi connectivity index (χ1) is 20.4. The van der Waals surface area contributed by atoms with Crippen LogP contribution in [0.1, 0.15) is 0 Å². The van der Waals surface area contributed by atoms with Crippen LogP contribution in [0.3, 0.4) is 0 Å². The third-order valence-electron chi connectivity index (χ3n) is 9.37. The van der Waals surface area contributed by atoms with Crippen LogP contribution >= 0.6 is 0 Å². The Bertz CT molecular complexity index is 2150. The molecule has 0 aliphatic carbocycles. The van der Waals surface area contributed by atoms with Gasteiger partial charge in [-0.25, -0.2) is 0 Å². The lowest BCUT2D eigenvalue weighted by Gasteiger charge is -2.49. The van der Waals surface area contributed by atoms with Crippen molar-refractivity contribution in [2.45, 2.75) is 0 Å². The molecule has 7 aromatic rings. The van der Waals surface area contributed by atoms with Crippen LogP contribution in [0.5, 0.6) is 0 Å². The van der Waals surface area contributed by atoms with Crippen molar-refractivity contribution in [3.05, 3.63) is 140 Å². The summed E-state index contributed by atoms with van der Waals surface area (Å²) in [7, 11) is 0. The topological polar surface area (TPSA) is 6.48 Å². The van der Waals surface area contributed by atoms with Gasteiger partial charge in [0.2, 0.25) is 0 Å². The molecule has 0 saturated heterocycles. The maximum atomic E-state index is 2.59. The molecule has 0 amide bonds. The monoisotopic (exact) mass is 518 g/mol. The number of rotatable bonds is 1. The average molecular weight is 518 g/mol. The van der Waals surface area contributed by atoms with E-state index in [9.17, 15) is 0 Å². The fraction of sp³-hybridized carbons (Fsp3) is 0. The summed E-state index contributed by atoms with van der Waals surface area (Å²) in [5, 5.41) is 5.12. The van der Waals surface area contributed by atoms with E-state index in [2.05, 4.69) is 149 Å². The molecule has 2 nitrogen and oxygen atoms in total. The van der Waals surface area contributed by atoms with Crippen molar-refractivity contribution < 1.29 is 0 Å². The van der Waals surface area contributed by atoms with Crippen LogP contribution in [0.15, 0.2) is 140 Å². The summed E-state index contributed by atoms with van der Waals surface area (Å²) in [6.45, 7) is 0.115. The van der Waals surface area contributed by atoms with Crippen molar-refractivity contribution in [1.29, 1.82) is 0 Å². The third-order valence-corrected chi connectivity index (χ3v) is 9.37. The van der Waals surface area contributed by atoms with E-state index >= 15 is 0 Å². The molecule has 0 radical (unpaired) electrons. The van der Waals surface area contributed by atoms with Crippen LogP contribution in [-0.4, -0.2) is 6.85 Å². The summed E-state index contributed by atoms with van der Waals surface area (Å²) >= 11 is 0. The number of hydrogen-bond donors (Lipinski definition) is 0. The molecule has 3 aliphatic rings. The highest BCUT2D eigenvalue weighted by Gasteiger charge is 2.48. The van der Waals surface area contributed by atoms with Crippen LogP contribution < -0.4 is 20.6 Å². The van der Waals surface area contributed by atoms with Crippen LogP contribution in [-0.2, 0) is 0 Å². The third kappa shape index (κ3) is 2.64. The second-order valence-corrected chi connectivity index (χ2v) is 11.3. The molecule has 3 aliphatic heterocycles. The first kappa shape index (κ1) is 21.5. The van der Waals surface area contributed by atoms with Crippen LogP contribution in [0.4, 0.5) is 28.4 Å².